The molecule has 1 heterocycles. The average Bonchev–Trinajstić information content (AvgIpc) is 2.25. The smallest absolute Gasteiger partial charge is 0.371 e. The molecule has 0 fully saturated rings. The lowest BCUT2D eigenvalue weighted by Crippen LogP contribution is -2.24. The zero-order chi connectivity index (χ0) is 13.6. The lowest BCUT2D eigenvalue weighted by molar-refractivity contribution is -0.139. The molecular formula is C8H8F3N3O2S2. The normalized spacial score (nSPS) is 16.0. The zero-order valence-corrected chi connectivity index (χ0v) is 10.3. The molecule has 0 bridgehead atoms. The maximum absolute atomic E-state index is 12.8. The predicted octanol–water partition coefficient (Wildman–Crippen LogP) is 1.33. The number of benzene rings is 1. The molecule has 0 aromatic heterocycles. The van der Waals surface area contributed by atoms with Crippen LogP contribution in [0.5, 0.6) is 0 Å². The largest absolute Gasteiger partial charge is 0.417 e. The Morgan fingerprint density at radius 3 is 2.56 bits per heavy atom. The Labute approximate surface area is 105 Å². The molecule has 0 saturated carbocycles. The molecule has 0 unspecified atom stereocenters. The summed E-state index contributed by atoms with van der Waals surface area (Å²) in [5.74, 6) is 0. The highest BCUT2D eigenvalue weighted by atomic mass is 32.2. The molecule has 0 atom stereocenters. The number of primary sulfonamides is 1. The molecule has 1 aromatic rings. The minimum atomic E-state index is -4.78. The number of nitrogens with two attached hydrogens (primary N) is 1. The number of fused-ring (bicyclic) bond motifs is 1. The molecule has 5 nitrogen and oxygen atoms in total. The van der Waals surface area contributed by atoms with Crippen LogP contribution in [0.2, 0.25) is 0 Å². The van der Waals surface area contributed by atoms with Crippen LogP contribution >= 0.6 is 11.9 Å². The highest BCUT2D eigenvalue weighted by Crippen LogP contribution is 2.40. The van der Waals surface area contributed by atoms with Crippen molar-refractivity contribution < 1.29 is 21.6 Å². The third-order valence-electron chi connectivity index (χ3n) is 2.23. The number of anilines is 1. The van der Waals surface area contributed by atoms with Crippen molar-refractivity contribution in [2.45, 2.75) is 16.0 Å². The summed E-state index contributed by atoms with van der Waals surface area (Å²) in [5.41, 5.74) is -1.04. The number of sulfonamides is 1. The van der Waals surface area contributed by atoms with Crippen LogP contribution < -0.4 is 15.2 Å². The van der Waals surface area contributed by atoms with Crippen molar-refractivity contribution in [2.75, 3.05) is 12.0 Å². The molecule has 1 aliphatic heterocycles. The zero-order valence-electron chi connectivity index (χ0n) is 8.71. The van der Waals surface area contributed by atoms with Crippen molar-refractivity contribution >= 4 is 27.7 Å². The van der Waals surface area contributed by atoms with Gasteiger partial charge in [0.2, 0.25) is 10.0 Å². The molecular weight excluding hydrogens is 291 g/mol. The highest BCUT2D eigenvalue weighted by Gasteiger charge is 2.37. The standard InChI is InChI=1S/C8H8F3N3O2S2/c9-8(10,11)4-1-5-6(17-14-3-13-5)2-7(4)18(12,15)16/h1-2,13-14H,3H2,(H2,12,15,16). The van der Waals surface area contributed by atoms with Gasteiger partial charge in [0.15, 0.2) is 0 Å². The van der Waals surface area contributed by atoms with Gasteiger partial charge < -0.3 is 5.32 Å². The molecule has 0 aliphatic carbocycles. The van der Waals surface area contributed by atoms with E-state index in [2.05, 4.69) is 10.0 Å². The summed E-state index contributed by atoms with van der Waals surface area (Å²) in [6.07, 6.45) is -4.78. The summed E-state index contributed by atoms with van der Waals surface area (Å²) in [6.45, 7) is 0.281. The summed E-state index contributed by atoms with van der Waals surface area (Å²) in [7, 11) is -4.44. The van der Waals surface area contributed by atoms with Gasteiger partial charge in [-0.2, -0.15) is 13.2 Å². The molecule has 4 N–H and O–H groups in total. The van der Waals surface area contributed by atoms with Crippen LogP contribution in [0.25, 0.3) is 0 Å². The number of nitrogens with one attached hydrogen (secondary N) is 2. The quantitative estimate of drug-likeness (QED) is 0.681. The monoisotopic (exact) mass is 299 g/mol. The van der Waals surface area contributed by atoms with Crippen molar-refractivity contribution in [3.05, 3.63) is 17.7 Å². The number of hydrogen-bond donors (Lipinski definition) is 3. The van der Waals surface area contributed by atoms with Crippen LogP contribution in [0, 0.1) is 0 Å². The summed E-state index contributed by atoms with van der Waals surface area (Å²) in [6, 6.07) is 1.67. The second-order valence-electron chi connectivity index (χ2n) is 3.49. The number of halogens is 3. The molecule has 10 heteroatoms. The van der Waals surface area contributed by atoms with E-state index in [1.54, 1.807) is 0 Å². The Balaban J connectivity index is 2.70. The summed E-state index contributed by atoms with van der Waals surface area (Å²) >= 11 is 1.04. The fourth-order valence-electron chi connectivity index (χ4n) is 1.49. The van der Waals surface area contributed by atoms with Crippen molar-refractivity contribution in [3.63, 3.8) is 0 Å². The fraction of sp³-hybridized carbons (Fsp3) is 0.250. The van der Waals surface area contributed by atoms with Crippen LogP contribution in [0.15, 0.2) is 21.9 Å². The van der Waals surface area contributed by atoms with E-state index < -0.39 is 26.7 Å². The Morgan fingerprint density at radius 2 is 2.00 bits per heavy atom. The first-order valence-electron chi connectivity index (χ1n) is 4.61. The lowest BCUT2D eigenvalue weighted by Gasteiger charge is -2.21. The number of alkyl halides is 3. The van der Waals surface area contributed by atoms with Crippen LogP contribution in [-0.4, -0.2) is 15.1 Å². The minimum Gasteiger partial charge on any atom is -0.371 e. The first kappa shape index (κ1) is 13.5. The van der Waals surface area contributed by atoms with Gasteiger partial charge in [-0.1, -0.05) is 0 Å². The molecule has 18 heavy (non-hydrogen) atoms. The third kappa shape index (κ3) is 2.55. The second-order valence-corrected chi connectivity index (χ2v) is 5.95. The van der Waals surface area contributed by atoms with Crippen LogP contribution in [0.3, 0.4) is 0 Å². The van der Waals surface area contributed by atoms with E-state index >= 15 is 0 Å². The van der Waals surface area contributed by atoms with Gasteiger partial charge in [-0.25, -0.2) is 18.3 Å². The number of hydrogen-bond acceptors (Lipinski definition) is 5. The lowest BCUT2D eigenvalue weighted by atomic mass is 10.2. The van der Waals surface area contributed by atoms with Gasteiger partial charge in [-0.15, -0.1) is 0 Å². The molecule has 0 saturated heterocycles. The Morgan fingerprint density at radius 1 is 1.33 bits per heavy atom. The van der Waals surface area contributed by atoms with Gasteiger partial charge >= 0.3 is 6.18 Å². The second kappa shape index (κ2) is 4.30. The minimum absolute atomic E-state index is 0.221. The van der Waals surface area contributed by atoms with Crippen molar-refractivity contribution in [1.29, 1.82) is 0 Å². The van der Waals surface area contributed by atoms with Gasteiger partial charge in [-0.05, 0) is 24.1 Å². The molecule has 0 radical (unpaired) electrons. The van der Waals surface area contributed by atoms with E-state index in [9.17, 15) is 21.6 Å². The van der Waals surface area contributed by atoms with E-state index in [1.807, 2.05) is 0 Å². The van der Waals surface area contributed by atoms with E-state index in [4.69, 9.17) is 5.14 Å². The number of rotatable bonds is 1. The summed E-state index contributed by atoms with van der Waals surface area (Å²) < 4.78 is 63.5. The molecule has 1 aromatic carbocycles. The third-order valence-corrected chi connectivity index (χ3v) is 4.02. The van der Waals surface area contributed by atoms with E-state index in [0.717, 1.165) is 24.1 Å². The predicted molar refractivity (Wildman–Crippen MR) is 60.3 cm³/mol. The summed E-state index contributed by atoms with van der Waals surface area (Å²) in [5, 5.41) is 7.50. The van der Waals surface area contributed by atoms with E-state index in [-0.39, 0.29) is 12.4 Å². The van der Waals surface area contributed by atoms with E-state index in [1.165, 1.54) is 0 Å². The van der Waals surface area contributed by atoms with Gasteiger partial charge in [0.05, 0.1) is 22.8 Å². The Hall–Kier alpha value is -0.970. The average molecular weight is 299 g/mol. The Bertz CT molecular complexity index is 586. The first-order valence-corrected chi connectivity index (χ1v) is 6.97. The van der Waals surface area contributed by atoms with E-state index in [0.29, 0.717) is 4.90 Å². The fourth-order valence-corrected chi connectivity index (χ4v) is 3.04. The molecule has 0 spiro atoms. The van der Waals surface area contributed by atoms with Crippen molar-refractivity contribution in [2.24, 2.45) is 5.14 Å². The maximum Gasteiger partial charge on any atom is 0.417 e. The van der Waals surface area contributed by atoms with Crippen LogP contribution in [0.1, 0.15) is 5.56 Å². The molecule has 2 rings (SSSR count). The van der Waals surface area contributed by atoms with Crippen LogP contribution in [0.4, 0.5) is 18.9 Å². The summed E-state index contributed by atoms with van der Waals surface area (Å²) in [4.78, 5) is -0.579. The van der Waals surface area contributed by atoms with Gasteiger partial charge in [0.25, 0.3) is 0 Å². The van der Waals surface area contributed by atoms with Gasteiger partial charge in [-0.3, -0.25) is 0 Å². The Kier molecular flexibility index (Phi) is 3.21. The first-order chi connectivity index (χ1) is 8.19. The molecule has 1 aliphatic rings. The highest BCUT2D eigenvalue weighted by molar-refractivity contribution is 7.97. The van der Waals surface area contributed by atoms with Crippen LogP contribution in [-0.2, 0) is 16.2 Å². The van der Waals surface area contributed by atoms with Crippen molar-refractivity contribution in [1.82, 2.24) is 4.72 Å². The van der Waals surface area contributed by atoms with Gasteiger partial charge in [0.1, 0.15) is 0 Å². The molecule has 0 amide bonds. The van der Waals surface area contributed by atoms with Gasteiger partial charge in [0, 0.05) is 4.90 Å². The maximum atomic E-state index is 12.8. The molecule has 100 valence electrons. The van der Waals surface area contributed by atoms with Crippen molar-refractivity contribution in [3.8, 4) is 0 Å². The topological polar surface area (TPSA) is 84.2 Å². The SMILES string of the molecule is NS(=O)(=O)c1cc2c(cc1C(F)(F)F)NCNS2.